The highest BCUT2D eigenvalue weighted by Gasteiger charge is 1.83. The highest BCUT2D eigenvalue weighted by Crippen LogP contribution is 1.51. The summed E-state index contributed by atoms with van der Waals surface area (Å²) in [5.41, 5.74) is 4.49. The molecule has 0 aromatic rings. The number of amides is 2. The van der Waals surface area contributed by atoms with E-state index in [2.05, 4.69) is 16.9 Å². The van der Waals surface area contributed by atoms with Crippen molar-refractivity contribution in [2.75, 3.05) is 0 Å². The van der Waals surface area contributed by atoms with Crippen molar-refractivity contribution in [3.63, 3.8) is 0 Å². The molecule has 0 aromatic heterocycles. The van der Waals surface area contributed by atoms with Gasteiger partial charge in [0.15, 0.2) is 0 Å². The van der Waals surface area contributed by atoms with Crippen LogP contribution in [0.15, 0.2) is 0 Å². The quantitative estimate of drug-likeness (QED) is 0.389. The Kier molecular flexibility index (Phi) is 2.61. The molecule has 4 nitrogen and oxygen atoms in total. The summed E-state index contributed by atoms with van der Waals surface area (Å²) in [6, 6.07) is -0.851. The maximum atomic E-state index is 9.81. The smallest absolute Gasteiger partial charge is 0.323 e. The Balaban J connectivity index is 3.53. The van der Waals surface area contributed by atoms with Crippen LogP contribution in [-0.4, -0.2) is 10.2 Å². The summed E-state index contributed by atoms with van der Waals surface area (Å²) < 4.78 is 11.6. The summed E-state index contributed by atoms with van der Waals surface area (Å²) in [7, 11) is -2.03. The van der Waals surface area contributed by atoms with Gasteiger partial charge < -0.3 is 5.73 Å². The molecule has 0 bridgehead atoms. The van der Waals surface area contributed by atoms with Gasteiger partial charge in [-0.1, -0.05) is 0 Å². The van der Waals surface area contributed by atoms with Crippen LogP contribution in [0.25, 0.3) is 0 Å². The first-order chi connectivity index (χ1) is 3.13. The van der Waals surface area contributed by atoms with Crippen molar-refractivity contribution in [2.45, 2.75) is 0 Å². The standard InChI is InChI=1S/CH4N2O2S2/c2-1(4)3-7(5)6/h7H,(H3,2,3,4,5,6). The molecule has 0 aliphatic heterocycles. The van der Waals surface area contributed by atoms with Crippen molar-refractivity contribution >= 4 is 26.8 Å². The minimum absolute atomic E-state index is 0.851. The summed E-state index contributed by atoms with van der Waals surface area (Å²) in [5.74, 6) is 0. The molecular formula is CH4N2O2S2. The molecule has 0 spiro atoms. The Morgan fingerprint density at radius 1 is 1.86 bits per heavy atom. The molecule has 0 aliphatic carbocycles. The van der Waals surface area contributed by atoms with Crippen LogP contribution in [-0.2, 0) is 20.7 Å². The van der Waals surface area contributed by atoms with Crippen LogP contribution >= 0.6 is 0 Å². The van der Waals surface area contributed by atoms with Gasteiger partial charge in [-0.2, -0.15) is 0 Å². The molecule has 0 fully saturated rings. The van der Waals surface area contributed by atoms with Gasteiger partial charge in [-0.15, -0.1) is 0 Å². The summed E-state index contributed by atoms with van der Waals surface area (Å²) in [6.07, 6.45) is 0. The van der Waals surface area contributed by atoms with Crippen molar-refractivity contribution in [3.05, 3.63) is 0 Å². The zero-order valence-corrected chi connectivity index (χ0v) is 4.96. The van der Waals surface area contributed by atoms with Gasteiger partial charge in [0.05, 0.1) is 0 Å². The molecule has 0 saturated carbocycles. The van der Waals surface area contributed by atoms with Crippen LogP contribution in [0.2, 0.25) is 0 Å². The first-order valence-electron chi connectivity index (χ1n) is 1.33. The van der Waals surface area contributed by atoms with Crippen molar-refractivity contribution in [1.29, 1.82) is 0 Å². The van der Waals surface area contributed by atoms with Gasteiger partial charge in [-0.05, 0) is 11.2 Å². The Morgan fingerprint density at radius 2 is 2.29 bits per heavy atom. The van der Waals surface area contributed by atoms with Crippen LogP contribution in [0.1, 0.15) is 0 Å². The number of primary amides is 1. The maximum absolute atomic E-state index is 9.81. The fourth-order valence-corrected chi connectivity index (χ4v) is 0.540. The maximum Gasteiger partial charge on any atom is 0.323 e. The first kappa shape index (κ1) is 6.64. The number of hydrogen-bond donors (Lipinski definition) is 3. The lowest BCUT2D eigenvalue weighted by Gasteiger charge is -1.84. The van der Waals surface area contributed by atoms with Gasteiger partial charge in [0, 0.05) is 0 Å². The van der Waals surface area contributed by atoms with E-state index >= 15 is 0 Å². The molecule has 0 aromatic carbocycles. The van der Waals surface area contributed by atoms with E-state index in [-0.39, 0.29) is 0 Å². The van der Waals surface area contributed by atoms with Gasteiger partial charge in [-0.3, -0.25) is 4.72 Å². The molecule has 0 radical (unpaired) electrons. The normalized spacial score (nSPS) is 12.6. The second kappa shape index (κ2) is 2.75. The number of nitrogens with one attached hydrogen (secondary N) is 1. The number of rotatable bonds is 1. The van der Waals surface area contributed by atoms with Crippen LogP contribution in [0.4, 0.5) is 4.79 Å². The number of thiol groups is 1. The number of urea groups is 1. The molecule has 1 atom stereocenters. The average molecular weight is 140 g/mol. The van der Waals surface area contributed by atoms with Crippen molar-refractivity contribution < 1.29 is 9.00 Å². The Morgan fingerprint density at radius 3 is 2.29 bits per heavy atom. The zero-order valence-electron chi connectivity index (χ0n) is 3.25. The molecule has 0 saturated heterocycles. The van der Waals surface area contributed by atoms with E-state index in [1.54, 1.807) is 4.72 Å². The zero-order chi connectivity index (χ0) is 5.86. The van der Waals surface area contributed by atoms with Crippen molar-refractivity contribution in [3.8, 4) is 0 Å². The fourth-order valence-electron chi connectivity index (χ4n) is 0.0900. The monoisotopic (exact) mass is 140 g/mol. The van der Waals surface area contributed by atoms with E-state index in [9.17, 15) is 9.00 Å². The molecule has 0 heterocycles. The number of carbonyl (C=O) groups excluding carboxylic acids is 1. The van der Waals surface area contributed by atoms with E-state index in [0.717, 1.165) is 0 Å². The largest absolute Gasteiger partial charge is 0.351 e. The van der Waals surface area contributed by atoms with E-state index in [1.165, 1.54) is 0 Å². The summed E-state index contributed by atoms with van der Waals surface area (Å²) >= 11 is 4.05. The fraction of sp³-hybridized carbons (Fsp3) is 0. The second-order valence-corrected chi connectivity index (χ2v) is 2.47. The van der Waals surface area contributed by atoms with Crippen LogP contribution in [0, 0.1) is 0 Å². The SMILES string of the molecule is NC(=O)N[SH](=O)=S. The molecular weight excluding hydrogens is 136 g/mol. The van der Waals surface area contributed by atoms with Crippen LogP contribution < -0.4 is 10.5 Å². The lowest BCUT2D eigenvalue weighted by atomic mass is 11.2. The molecule has 1 unspecified atom stereocenters. The lowest BCUT2D eigenvalue weighted by molar-refractivity contribution is 0.254. The minimum Gasteiger partial charge on any atom is -0.351 e. The molecule has 42 valence electrons. The highest BCUT2D eigenvalue weighted by molar-refractivity contribution is 8.20. The molecule has 2 amide bonds. The number of hydrogen-bond acceptors (Lipinski definition) is 3. The topological polar surface area (TPSA) is 72.2 Å². The van der Waals surface area contributed by atoms with E-state index in [1.807, 2.05) is 0 Å². The van der Waals surface area contributed by atoms with Crippen LogP contribution in [0.5, 0.6) is 0 Å². The summed E-state index contributed by atoms with van der Waals surface area (Å²) in [4.78, 5) is 9.67. The summed E-state index contributed by atoms with van der Waals surface area (Å²) in [6.45, 7) is 0. The van der Waals surface area contributed by atoms with E-state index < -0.39 is 15.6 Å². The van der Waals surface area contributed by atoms with Gasteiger partial charge in [0.1, 0.15) is 9.54 Å². The second-order valence-electron chi connectivity index (χ2n) is 0.733. The average Bonchev–Trinajstić information content (AvgIpc) is 1.27. The van der Waals surface area contributed by atoms with Gasteiger partial charge in [0.25, 0.3) is 0 Å². The molecule has 3 N–H and O–H groups in total. The van der Waals surface area contributed by atoms with Gasteiger partial charge >= 0.3 is 6.03 Å². The highest BCUT2D eigenvalue weighted by atomic mass is 32.8. The number of nitrogens with two attached hydrogens (primary N) is 1. The van der Waals surface area contributed by atoms with Crippen molar-refractivity contribution in [1.82, 2.24) is 4.72 Å². The van der Waals surface area contributed by atoms with E-state index in [0.29, 0.717) is 0 Å². The molecule has 6 heteroatoms. The van der Waals surface area contributed by atoms with Gasteiger partial charge in [0.2, 0.25) is 0 Å². The Hall–Kier alpha value is -0.360. The van der Waals surface area contributed by atoms with E-state index in [4.69, 9.17) is 0 Å². The third-order valence-corrected chi connectivity index (χ3v) is 0.878. The minimum atomic E-state index is -2.03. The lowest BCUT2D eigenvalue weighted by Crippen LogP contribution is -2.27. The third-order valence-electron chi connectivity index (χ3n) is 0.201. The predicted molar refractivity (Wildman–Crippen MR) is 29.6 cm³/mol. The Labute approximate surface area is 46.9 Å². The summed E-state index contributed by atoms with van der Waals surface area (Å²) in [5, 5.41) is 0. The molecule has 7 heavy (non-hydrogen) atoms. The first-order valence-corrected chi connectivity index (χ1v) is 3.60. The van der Waals surface area contributed by atoms with Gasteiger partial charge in [-0.25, -0.2) is 9.00 Å². The third kappa shape index (κ3) is 5.64. The Bertz CT molecular complexity index is 131. The predicted octanol–water partition coefficient (Wildman–Crippen LogP) is -1.49. The van der Waals surface area contributed by atoms with Crippen LogP contribution in [0.3, 0.4) is 0 Å². The van der Waals surface area contributed by atoms with Crippen molar-refractivity contribution in [2.24, 2.45) is 5.73 Å². The molecule has 0 aliphatic rings. The molecule has 0 rings (SSSR count). The number of carbonyl (C=O) groups is 1.